The van der Waals surface area contributed by atoms with Gasteiger partial charge in [-0.15, -0.1) is 0 Å². The van der Waals surface area contributed by atoms with E-state index < -0.39 is 22.1 Å². The number of hydrogen-bond donors (Lipinski definition) is 2. The molecule has 0 amide bonds. The van der Waals surface area contributed by atoms with E-state index in [1.54, 1.807) is 13.8 Å². The number of rotatable bonds is 6. The van der Waals surface area contributed by atoms with Crippen LogP contribution in [0.4, 0.5) is 0 Å². The molecule has 0 saturated heterocycles. The fourth-order valence-electron chi connectivity index (χ4n) is 0.697. The third-order valence-corrected chi connectivity index (χ3v) is 3.81. The summed E-state index contributed by atoms with van der Waals surface area (Å²) in [5.74, 6) is -1.76. The van der Waals surface area contributed by atoms with Crippen LogP contribution in [-0.4, -0.2) is 43.4 Å². The lowest BCUT2D eigenvalue weighted by Gasteiger charge is -2.21. The van der Waals surface area contributed by atoms with Crippen LogP contribution in [0.5, 0.6) is 0 Å². The quantitative estimate of drug-likeness (QED) is 0.675. The third-order valence-electron chi connectivity index (χ3n) is 2.10. The standard InChI is InChI=1S/C8H18N2O4S/c1-6(2)10(4)15(13,14)9-5-7(3)8(11)12/h6-7,9H,5H2,1-4H3,(H,11,12). The summed E-state index contributed by atoms with van der Waals surface area (Å²) in [7, 11) is -2.13. The highest BCUT2D eigenvalue weighted by molar-refractivity contribution is 7.87. The molecule has 1 unspecified atom stereocenters. The molecule has 0 radical (unpaired) electrons. The first kappa shape index (κ1) is 14.3. The molecule has 6 nitrogen and oxygen atoms in total. The van der Waals surface area contributed by atoms with E-state index >= 15 is 0 Å². The lowest BCUT2D eigenvalue weighted by atomic mass is 10.2. The van der Waals surface area contributed by atoms with Gasteiger partial charge in [0.05, 0.1) is 5.92 Å². The molecule has 0 aromatic rings. The minimum absolute atomic E-state index is 0.102. The number of aliphatic carboxylic acids is 1. The average molecular weight is 238 g/mol. The summed E-state index contributed by atoms with van der Waals surface area (Å²) >= 11 is 0. The van der Waals surface area contributed by atoms with Crippen molar-refractivity contribution in [3.8, 4) is 0 Å². The first-order valence-electron chi connectivity index (χ1n) is 4.64. The first-order valence-corrected chi connectivity index (χ1v) is 6.08. The van der Waals surface area contributed by atoms with Crippen molar-refractivity contribution in [2.24, 2.45) is 5.92 Å². The van der Waals surface area contributed by atoms with Gasteiger partial charge in [-0.05, 0) is 13.8 Å². The fourth-order valence-corrected chi connectivity index (χ4v) is 1.92. The topological polar surface area (TPSA) is 86.7 Å². The Morgan fingerprint density at radius 3 is 2.20 bits per heavy atom. The predicted molar refractivity (Wildman–Crippen MR) is 56.6 cm³/mol. The zero-order valence-corrected chi connectivity index (χ0v) is 10.2. The molecule has 0 saturated carbocycles. The molecular formula is C8H18N2O4S. The van der Waals surface area contributed by atoms with Crippen LogP contribution in [0.2, 0.25) is 0 Å². The minimum atomic E-state index is -3.57. The molecule has 0 aromatic carbocycles. The lowest BCUT2D eigenvalue weighted by Crippen LogP contribution is -2.44. The van der Waals surface area contributed by atoms with E-state index in [4.69, 9.17) is 5.11 Å². The molecule has 2 N–H and O–H groups in total. The second kappa shape index (κ2) is 5.43. The summed E-state index contributed by atoms with van der Waals surface area (Å²) in [4.78, 5) is 10.5. The van der Waals surface area contributed by atoms with Crippen LogP contribution >= 0.6 is 0 Å². The smallest absolute Gasteiger partial charge is 0.307 e. The maximum atomic E-state index is 11.5. The van der Waals surface area contributed by atoms with E-state index in [-0.39, 0.29) is 12.6 Å². The molecule has 0 aliphatic heterocycles. The molecule has 1 atom stereocenters. The number of carboxylic acid groups (broad SMARTS) is 1. The average Bonchev–Trinajstić information content (AvgIpc) is 2.12. The number of nitrogens with one attached hydrogen (secondary N) is 1. The van der Waals surface area contributed by atoms with Crippen molar-refractivity contribution in [1.29, 1.82) is 0 Å². The van der Waals surface area contributed by atoms with Crippen molar-refractivity contribution in [3.05, 3.63) is 0 Å². The molecule has 0 aliphatic rings. The second-order valence-corrected chi connectivity index (χ2v) is 5.52. The van der Waals surface area contributed by atoms with Gasteiger partial charge < -0.3 is 5.11 Å². The molecule has 7 heteroatoms. The van der Waals surface area contributed by atoms with Crippen LogP contribution in [0.3, 0.4) is 0 Å². The number of nitrogens with zero attached hydrogens (tertiary/aromatic N) is 1. The zero-order valence-electron chi connectivity index (χ0n) is 9.39. The predicted octanol–water partition coefficient (Wildman–Crippen LogP) is -0.118. The molecule has 0 fully saturated rings. The molecule has 0 bridgehead atoms. The highest BCUT2D eigenvalue weighted by Gasteiger charge is 2.22. The van der Waals surface area contributed by atoms with Crippen molar-refractivity contribution < 1.29 is 18.3 Å². The van der Waals surface area contributed by atoms with Crippen molar-refractivity contribution in [2.75, 3.05) is 13.6 Å². The summed E-state index contributed by atoms with van der Waals surface area (Å²) in [5.41, 5.74) is 0. The Morgan fingerprint density at radius 2 is 1.87 bits per heavy atom. The van der Waals surface area contributed by atoms with Gasteiger partial charge >= 0.3 is 5.97 Å². The van der Waals surface area contributed by atoms with Crippen molar-refractivity contribution >= 4 is 16.2 Å². The van der Waals surface area contributed by atoms with E-state index in [1.165, 1.54) is 14.0 Å². The summed E-state index contributed by atoms with van der Waals surface area (Å²) in [6.45, 7) is 4.81. The highest BCUT2D eigenvalue weighted by Crippen LogP contribution is 2.01. The normalized spacial score (nSPS) is 14.5. The maximum Gasteiger partial charge on any atom is 0.307 e. The lowest BCUT2D eigenvalue weighted by molar-refractivity contribution is -0.140. The summed E-state index contributed by atoms with van der Waals surface area (Å²) in [6.07, 6.45) is 0. The molecule has 15 heavy (non-hydrogen) atoms. The Hall–Kier alpha value is -0.660. The minimum Gasteiger partial charge on any atom is -0.481 e. The zero-order chi connectivity index (χ0) is 12.2. The first-order chi connectivity index (χ1) is 6.68. The molecule has 0 heterocycles. The van der Waals surface area contributed by atoms with Crippen LogP contribution in [0.15, 0.2) is 0 Å². The molecule has 0 spiro atoms. The summed E-state index contributed by atoms with van der Waals surface area (Å²) < 4.78 is 26.4. The van der Waals surface area contributed by atoms with Gasteiger partial charge in [0.1, 0.15) is 0 Å². The van der Waals surface area contributed by atoms with E-state index in [9.17, 15) is 13.2 Å². The van der Waals surface area contributed by atoms with Gasteiger partial charge in [-0.3, -0.25) is 4.79 Å². The van der Waals surface area contributed by atoms with E-state index in [0.717, 1.165) is 4.31 Å². The SMILES string of the molecule is CC(CNS(=O)(=O)N(C)C(C)C)C(=O)O. The molecule has 0 aliphatic carbocycles. The van der Waals surface area contributed by atoms with E-state index in [2.05, 4.69) is 4.72 Å². The monoisotopic (exact) mass is 238 g/mol. The Morgan fingerprint density at radius 1 is 1.40 bits per heavy atom. The Bertz CT molecular complexity index is 313. The van der Waals surface area contributed by atoms with Crippen molar-refractivity contribution in [2.45, 2.75) is 26.8 Å². The Kier molecular flexibility index (Phi) is 5.19. The van der Waals surface area contributed by atoms with Crippen LogP contribution < -0.4 is 4.72 Å². The maximum absolute atomic E-state index is 11.5. The van der Waals surface area contributed by atoms with Crippen LogP contribution in [0, 0.1) is 5.92 Å². The molecular weight excluding hydrogens is 220 g/mol. The number of carboxylic acids is 1. The van der Waals surface area contributed by atoms with Crippen molar-refractivity contribution in [1.82, 2.24) is 9.03 Å². The molecule has 90 valence electrons. The highest BCUT2D eigenvalue weighted by atomic mass is 32.2. The van der Waals surface area contributed by atoms with Crippen LogP contribution in [0.1, 0.15) is 20.8 Å². The van der Waals surface area contributed by atoms with Crippen LogP contribution in [-0.2, 0) is 15.0 Å². The van der Waals surface area contributed by atoms with Gasteiger partial charge in [-0.1, -0.05) is 6.92 Å². The summed E-state index contributed by atoms with van der Waals surface area (Å²) in [5, 5.41) is 8.58. The number of hydrogen-bond acceptors (Lipinski definition) is 3. The van der Waals surface area contributed by atoms with Gasteiger partial charge in [-0.25, -0.2) is 4.72 Å². The fraction of sp³-hybridized carbons (Fsp3) is 0.875. The largest absolute Gasteiger partial charge is 0.481 e. The van der Waals surface area contributed by atoms with Gasteiger partial charge in [0, 0.05) is 19.6 Å². The Labute approximate surface area is 90.5 Å². The summed E-state index contributed by atoms with van der Waals surface area (Å²) in [6, 6.07) is -0.164. The third kappa shape index (κ3) is 4.59. The number of carbonyl (C=O) groups is 1. The van der Waals surface area contributed by atoms with E-state index in [1.807, 2.05) is 0 Å². The second-order valence-electron chi connectivity index (χ2n) is 3.70. The van der Waals surface area contributed by atoms with Crippen molar-refractivity contribution in [3.63, 3.8) is 0 Å². The van der Waals surface area contributed by atoms with Gasteiger partial charge in [0.25, 0.3) is 10.2 Å². The molecule has 0 aromatic heterocycles. The van der Waals surface area contributed by atoms with Gasteiger partial charge in [-0.2, -0.15) is 12.7 Å². The van der Waals surface area contributed by atoms with Gasteiger partial charge in [0.2, 0.25) is 0 Å². The molecule has 0 rings (SSSR count). The van der Waals surface area contributed by atoms with E-state index in [0.29, 0.717) is 0 Å². The Balaban J connectivity index is 4.35. The van der Waals surface area contributed by atoms with Crippen LogP contribution in [0.25, 0.3) is 0 Å². The van der Waals surface area contributed by atoms with Gasteiger partial charge in [0.15, 0.2) is 0 Å².